The van der Waals surface area contributed by atoms with Gasteiger partial charge in [0.25, 0.3) is 0 Å². The van der Waals surface area contributed by atoms with Crippen LogP contribution in [-0.4, -0.2) is 48.2 Å². The van der Waals surface area contributed by atoms with Crippen LogP contribution in [0.25, 0.3) is 276 Å². The van der Waals surface area contributed by atoms with E-state index in [1.54, 1.807) is 0 Å². The summed E-state index contributed by atoms with van der Waals surface area (Å²) in [5, 5.41) is 22.9. The molecule has 0 atom stereocenters. The predicted octanol–water partition coefficient (Wildman–Crippen LogP) is 31.3. The van der Waals surface area contributed by atoms with E-state index < -0.39 is 0 Å². The predicted molar refractivity (Wildman–Crippen MR) is 544 cm³/mol. The number of rotatable bonds is 10. The van der Waals surface area contributed by atoms with Crippen molar-refractivity contribution in [2.45, 2.75) is 0 Å². The molecule has 0 unspecified atom stereocenters. The molecule has 0 saturated carbocycles. The molecule has 9 aromatic heterocycles. The lowest BCUT2D eigenvalue weighted by Crippen LogP contribution is -2.00. The number of aromatic nitrogens is 10. The molecule has 0 radical (unpaired) electrons. The van der Waals surface area contributed by atoms with Crippen LogP contribution in [0.3, 0.4) is 0 Å². The Balaban J connectivity index is 0.000000133. The zero-order chi connectivity index (χ0) is 87.0. The van der Waals surface area contributed by atoms with Gasteiger partial charge < -0.3 is 31.5 Å². The van der Waals surface area contributed by atoms with Gasteiger partial charge in [-0.2, -0.15) is 0 Å². The Kier molecular flexibility index (Phi) is 16.2. The molecule has 0 aliphatic heterocycles. The molecule has 618 valence electrons. The SMILES string of the molecule is c1ccc(-c2nc(-c3ccccc3)nc(-c3ccc4c5ccc(-n6c7ccccc7c7cc(-n8c9ccccc9c9ccc%10c%11ccccc%11oc%10c98)ccc76)cc5c5ccccc5c4c3)n2)cc1.c1ccc(-c2nc(-c3ccccc3)nc(-c3cccc4c3oc3c(-n5c6ccccc6c6cc(-n7c8ccccc8c8ccc9c%10ccccc%10oc9c87)ccc65)cccc34)n2)cc1. The van der Waals surface area contributed by atoms with E-state index in [-0.39, 0.29) is 0 Å². The molecule has 0 fully saturated rings. The molecular formula is C120H70N10O3. The first-order valence-electron chi connectivity index (χ1n) is 44.8. The Morgan fingerprint density at radius 3 is 0.955 bits per heavy atom. The fourth-order valence-corrected chi connectivity index (χ4v) is 21.0. The summed E-state index contributed by atoms with van der Waals surface area (Å²) in [6.07, 6.45) is 0. The highest BCUT2D eigenvalue weighted by molar-refractivity contribution is 6.28. The topological polar surface area (TPSA) is 136 Å². The van der Waals surface area contributed by atoms with E-state index in [0.29, 0.717) is 34.9 Å². The van der Waals surface area contributed by atoms with Gasteiger partial charge in [0.05, 0.1) is 55.4 Å². The number of hydrogen-bond donors (Lipinski definition) is 0. The van der Waals surface area contributed by atoms with Gasteiger partial charge >= 0.3 is 0 Å². The number of fused-ring (bicyclic) bond motifs is 29. The molecule has 0 amide bonds. The number of nitrogens with zero attached hydrogens (tertiary/aromatic N) is 10. The van der Waals surface area contributed by atoms with E-state index in [0.717, 1.165) is 188 Å². The zero-order valence-electron chi connectivity index (χ0n) is 71.1. The molecule has 0 aliphatic rings. The van der Waals surface area contributed by atoms with Crippen molar-refractivity contribution in [1.82, 2.24) is 48.2 Å². The summed E-state index contributed by atoms with van der Waals surface area (Å²) in [6, 6.07) is 149. The first-order chi connectivity index (χ1) is 66.0. The van der Waals surface area contributed by atoms with E-state index in [4.69, 9.17) is 43.2 Å². The average Bonchev–Trinajstić information content (AvgIpc) is 1.59. The van der Waals surface area contributed by atoms with Crippen LogP contribution in [0, 0.1) is 0 Å². The summed E-state index contributed by atoms with van der Waals surface area (Å²) in [6.45, 7) is 0. The minimum atomic E-state index is 0.549. The maximum Gasteiger partial charge on any atom is 0.167 e. The van der Waals surface area contributed by atoms with Crippen LogP contribution in [0.4, 0.5) is 0 Å². The molecule has 0 spiro atoms. The minimum absolute atomic E-state index is 0.549. The highest BCUT2D eigenvalue weighted by atomic mass is 16.3. The summed E-state index contributed by atoms with van der Waals surface area (Å²) in [5.74, 6) is 3.68. The van der Waals surface area contributed by atoms with Crippen LogP contribution < -0.4 is 0 Å². The smallest absolute Gasteiger partial charge is 0.167 e. The van der Waals surface area contributed by atoms with Crippen LogP contribution in [0.1, 0.15) is 0 Å². The van der Waals surface area contributed by atoms with Gasteiger partial charge in [0.15, 0.2) is 51.7 Å². The molecule has 13 nitrogen and oxygen atoms in total. The molecule has 0 N–H and O–H groups in total. The van der Waals surface area contributed by atoms with Gasteiger partial charge in [-0.25, -0.2) is 29.9 Å². The van der Waals surface area contributed by atoms with Crippen molar-refractivity contribution in [1.29, 1.82) is 0 Å². The van der Waals surface area contributed by atoms with Gasteiger partial charge in [-0.15, -0.1) is 0 Å². The van der Waals surface area contributed by atoms with Gasteiger partial charge in [-0.1, -0.05) is 309 Å². The minimum Gasteiger partial charge on any atom is -0.454 e. The second-order valence-electron chi connectivity index (χ2n) is 34.2. The van der Waals surface area contributed by atoms with Crippen molar-refractivity contribution < 1.29 is 13.3 Å². The second kappa shape index (κ2) is 29.2. The Labute approximate surface area is 757 Å². The highest BCUT2D eigenvalue weighted by Gasteiger charge is 2.28. The molecule has 0 aliphatic carbocycles. The second-order valence-corrected chi connectivity index (χ2v) is 34.2. The number of para-hydroxylation sites is 8. The van der Waals surface area contributed by atoms with Gasteiger partial charge in [0, 0.05) is 120 Å². The first kappa shape index (κ1) is 73.9. The molecular weight excluding hydrogens is 1630 g/mol. The van der Waals surface area contributed by atoms with Crippen molar-refractivity contribution in [3.05, 3.63) is 425 Å². The fraction of sp³-hybridized carbons (Fsp3) is 0. The Hall–Kier alpha value is -18.2. The van der Waals surface area contributed by atoms with Crippen molar-refractivity contribution in [3.63, 3.8) is 0 Å². The third-order valence-electron chi connectivity index (χ3n) is 26.9. The highest BCUT2D eigenvalue weighted by Crippen LogP contribution is 2.49. The molecule has 0 bridgehead atoms. The van der Waals surface area contributed by atoms with Crippen molar-refractivity contribution in [2.24, 2.45) is 0 Å². The lowest BCUT2D eigenvalue weighted by molar-refractivity contribution is 0.667. The van der Waals surface area contributed by atoms with E-state index in [1.807, 2.05) is 140 Å². The van der Waals surface area contributed by atoms with Gasteiger partial charge in [-0.05, 0) is 148 Å². The monoisotopic (exact) mass is 1700 g/mol. The third kappa shape index (κ3) is 11.4. The van der Waals surface area contributed by atoms with Crippen LogP contribution in [0.2, 0.25) is 0 Å². The molecule has 29 rings (SSSR count). The molecule has 133 heavy (non-hydrogen) atoms. The van der Waals surface area contributed by atoms with Crippen LogP contribution >= 0.6 is 0 Å². The van der Waals surface area contributed by atoms with Gasteiger partial charge in [-0.3, -0.25) is 0 Å². The standard InChI is InChI=1S/C63H37N5O.C57H33N5O2/c1-3-15-38(16-4-1)61-64-62(39-17-5-2-6-18-39)66-63(65-61)40-27-30-45-46-31-28-41(36-53(46)44-20-8-7-19-43(44)52(45)35-40)67-55-24-12-10-22-48(55)54-37-42(29-34-57(54)67)68-56-25-13-9-21-47(56)50-32-33-51-49-23-11-14-26-58(49)69-60(51)59(50)68;1-3-15-34(16-4-1)55-58-56(35-17-5-2-6-18-35)60-57(59-55)44-24-13-22-41-42-23-14-27-49(53(42)64-52(41)44)62-47-26-11-8-20-38(47)45-33-36(29-32-48(45)62)61-46-25-10-7-19-37(46)40-30-31-43-39-21-9-12-28-50(39)63-54(43)51(40)61/h1-37H;1-33H. The van der Waals surface area contributed by atoms with Gasteiger partial charge in [0.2, 0.25) is 0 Å². The lowest BCUT2D eigenvalue weighted by Gasteiger charge is -2.15. The Morgan fingerprint density at radius 1 is 0.158 bits per heavy atom. The summed E-state index contributed by atoms with van der Waals surface area (Å²) in [4.78, 5) is 30.2. The molecule has 0 saturated heterocycles. The van der Waals surface area contributed by atoms with Crippen LogP contribution in [0.15, 0.2) is 438 Å². The summed E-state index contributed by atoms with van der Waals surface area (Å²) in [7, 11) is 0. The maximum absolute atomic E-state index is 7.09. The summed E-state index contributed by atoms with van der Waals surface area (Å²) < 4.78 is 30.0. The van der Waals surface area contributed by atoms with E-state index in [2.05, 4.69) is 303 Å². The Morgan fingerprint density at radius 2 is 0.466 bits per heavy atom. The largest absolute Gasteiger partial charge is 0.454 e. The van der Waals surface area contributed by atoms with Crippen molar-refractivity contribution in [3.8, 4) is 91.1 Å². The first-order valence-corrected chi connectivity index (χ1v) is 44.8. The van der Waals surface area contributed by atoms with Crippen molar-refractivity contribution >= 4 is 185 Å². The molecule has 9 heterocycles. The third-order valence-corrected chi connectivity index (χ3v) is 26.9. The maximum atomic E-state index is 7.09. The van der Waals surface area contributed by atoms with E-state index >= 15 is 0 Å². The number of hydrogen-bond acceptors (Lipinski definition) is 9. The molecule has 13 heteroatoms. The van der Waals surface area contributed by atoms with E-state index in [1.165, 1.54) is 53.9 Å². The fourth-order valence-electron chi connectivity index (χ4n) is 21.0. The lowest BCUT2D eigenvalue weighted by atomic mass is 9.93. The van der Waals surface area contributed by atoms with Crippen LogP contribution in [0.5, 0.6) is 0 Å². The number of benzene rings is 20. The van der Waals surface area contributed by atoms with Gasteiger partial charge in [0.1, 0.15) is 16.7 Å². The van der Waals surface area contributed by atoms with Crippen molar-refractivity contribution in [2.75, 3.05) is 0 Å². The Bertz CT molecular complexity index is 9800. The molecule has 29 aromatic rings. The summed E-state index contributed by atoms with van der Waals surface area (Å²) >= 11 is 0. The molecule has 20 aromatic carbocycles. The van der Waals surface area contributed by atoms with E-state index in [9.17, 15) is 0 Å². The van der Waals surface area contributed by atoms with Crippen LogP contribution in [-0.2, 0) is 0 Å². The number of furan rings is 3. The quantitative estimate of drug-likeness (QED) is 0.123. The summed E-state index contributed by atoms with van der Waals surface area (Å²) in [5.41, 5.74) is 23.6. The average molecular weight is 1700 g/mol. The zero-order valence-corrected chi connectivity index (χ0v) is 71.1. The normalized spacial score (nSPS) is 12.1.